The van der Waals surface area contributed by atoms with Gasteiger partial charge in [0, 0.05) is 33.8 Å². The fraction of sp³-hybridized carbons (Fsp3) is 0.200. The average Bonchev–Trinajstić information content (AvgIpc) is 3.66. The molecule has 5 unspecified atom stereocenters. The molecular formula is C45H36N4. The van der Waals surface area contributed by atoms with Crippen molar-refractivity contribution in [1.82, 2.24) is 4.57 Å². The molecule has 0 saturated carbocycles. The lowest BCUT2D eigenvalue weighted by Gasteiger charge is -2.34. The van der Waals surface area contributed by atoms with Crippen LogP contribution in [0.1, 0.15) is 42.1 Å². The molecule has 0 amide bonds. The first-order chi connectivity index (χ1) is 24.1. The van der Waals surface area contributed by atoms with E-state index in [9.17, 15) is 10.5 Å². The van der Waals surface area contributed by atoms with Gasteiger partial charge >= 0.3 is 0 Å². The van der Waals surface area contributed by atoms with Gasteiger partial charge in [-0.15, -0.1) is 0 Å². The van der Waals surface area contributed by atoms with Gasteiger partial charge in [-0.1, -0.05) is 104 Å². The number of para-hydroxylation sites is 1. The van der Waals surface area contributed by atoms with Crippen molar-refractivity contribution < 1.29 is 0 Å². The Bertz CT molecular complexity index is 2350. The third-order valence-electron chi connectivity index (χ3n) is 11.1. The Labute approximate surface area is 287 Å². The summed E-state index contributed by atoms with van der Waals surface area (Å²) in [6.45, 7) is 2.25. The highest BCUT2D eigenvalue weighted by atomic mass is 15.2. The number of rotatable bonds is 4. The number of allylic oxidation sites excluding steroid dienone is 4. The van der Waals surface area contributed by atoms with Crippen molar-refractivity contribution in [1.29, 1.82) is 10.5 Å². The molecule has 49 heavy (non-hydrogen) atoms. The number of benzene rings is 4. The van der Waals surface area contributed by atoms with E-state index in [1.165, 1.54) is 23.1 Å². The van der Waals surface area contributed by atoms with Crippen LogP contribution in [0.3, 0.4) is 0 Å². The van der Waals surface area contributed by atoms with E-state index in [1.807, 2.05) is 12.1 Å². The van der Waals surface area contributed by atoms with E-state index in [4.69, 9.17) is 0 Å². The number of nitriles is 2. The molecule has 3 aliphatic carbocycles. The monoisotopic (exact) mass is 632 g/mol. The third kappa shape index (κ3) is 4.71. The normalized spacial score (nSPS) is 23.2. The second-order valence-corrected chi connectivity index (χ2v) is 13.9. The van der Waals surface area contributed by atoms with E-state index in [1.54, 1.807) is 0 Å². The first kappa shape index (κ1) is 29.3. The molecule has 236 valence electrons. The van der Waals surface area contributed by atoms with Gasteiger partial charge in [0.2, 0.25) is 0 Å². The lowest BCUT2D eigenvalue weighted by Crippen LogP contribution is -2.37. The summed E-state index contributed by atoms with van der Waals surface area (Å²) in [5, 5.41) is 21.7. The number of anilines is 1. The molecule has 4 heteroatoms. The predicted molar refractivity (Wildman–Crippen MR) is 199 cm³/mol. The fourth-order valence-electron chi connectivity index (χ4n) is 8.90. The van der Waals surface area contributed by atoms with Crippen molar-refractivity contribution >= 4 is 22.7 Å². The maximum Gasteiger partial charge on any atom is 0.101 e. The van der Waals surface area contributed by atoms with Gasteiger partial charge in [-0.25, -0.2) is 0 Å². The first-order valence-corrected chi connectivity index (χ1v) is 17.4. The Morgan fingerprint density at radius 1 is 0.735 bits per heavy atom. The van der Waals surface area contributed by atoms with Crippen molar-refractivity contribution in [2.24, 2.45) is 17.8 Å². The average molecular weight is 633 g/mol. The summed E-state index contributed by atoms with van der Waals surface area (Å²) in [5.74, 6) is 1.44. The van der Waals surface area contributed by atoms with E-state index in [-0.39, 0.29) is 12.1 Å². The highest BCUT2D eigenvalue weighted by Gasteiger charge is 2.47. The molecule has 1 saturated heterocycles. The van der Waals surface area contributed by atoms with Crippen LogP contribution < -0.4 is 4.90 Å². The van der Waals surface area contributed by atoms with Crippen molar-refractivity contribution in [3.63, 3.8) is 0 Å². The molecule has 4 aromatic carbocycles. The molecule has 2 heterocycles. The summed E-state index contributed by atoms with van der Waals surface area (Å²) in [4.78, 5) is 2.56. The smallest absolute Gasteiger partial charge is 0.101 e. The fourth-order valence-corrected chi connectivity index (χ4v) is 8.90. The van der Waals surface area contributed by atoms with Gasteiger partial charge < -0.3 is 9.47 Å². The van der Waals surface area contributed by atoms with Crippen LogP contribution >= 0.6 is 0 Å². The summed E-state index contributed by atoms with van der Waals surface area (Å²) in [6.07, 6.45) is 21.6. The zero-order valence-corrected chi connectivity index (χ0v) is 27.5. The van der Waals surface area contributed by atoms with Gasteiger partial charge in [0.25, 0.3) is 0 Å². The Hall–Kier alpha value is -5.84. The lowest BCUT2D eigenvalue weighted by molar-refractivity contribution is 0.400. The van der Waals surface area contributed by atoms with Crippen LogP contribution in [0, 0.1) is 40.4 Å². The molecular weight excluding hydrogens is 597 g/mol. The molecule has 4 nitrogen and oxygen atoms in total. The Balaban J connectivity index is 1.14. The molecule has 9 rings (SSSR count). The van der Waals surface area contributed by atoms with Crippen LogP contribution in [0.2, 0.25) is 0 Å². The second kappa shape index (κ2) is 11.7. The molecule has 0 N–H and O–H groups in total. The molecule has 0 radical (unpaired) electrons. The Morgan fingerprint density at radius 3 is 2.49 bits per heavy atom. The number of nitrogens with zero attached hydrogens (tertiary/aromatic N) is 4. The SMILES string of the molecule is CC1C=Cc2c(n(-c3ccc(-c4cccc(-c5ccc(C#N)cc5N5C6C=CC=CC6C6CCC=CC65)c4)cc3C#N)c3ccccc23)C1. The third-order valence-corrected chi connectivity index (χ3v) is 11.1. The summed E-state index contributed by atoms with van der Waals surface area (Å²) in [5.41, 5.74) is 11.3. The molecule has 4 aliphatic rings. The van der Waals surface area contributed by atoms with E-state index >= 15 is 0 Å². The topological polar surface area (TPSA) is 55.8 Å². The van der Waals surface area contributed by atoms with Crippen LogP contribution in [0.25, 0.3) is 44.9 Å². The summed E-state index contributed by atoms with van der Waals surface area (Å²) in [6, 6.07) is 35.1. The number of aromatic nitrogens is 1. The molecule has 5 atom stereocenters. The van der Waals surface area contributed by atoms with Gasteiger partial charge in [0.05, 0.1) is 40.5 Å². The largest absolute Gasteiger partial charge is 0.357 e. The number of hydrogen-bond donors (Lipinski definition) is 0. The minimum atomic E-state index is 0.248. The van der Waals surface area contributed by atoms with Crippen LogP contribution in [-0.4, -0.2) is 16.7 Å². The van der Waals surface area contributed by atoms with Crippen molar-refractivity contribution in [3.05, 3.63) is 150 Å². The maximum atomic E-state index is 10.5. The first-order valence-electron chi connectivity index (χ1n) is 17.4. The van der Waals surface area contributed by atoms with E-state index in [0.29, 0.717) is 28.9 Å². The molecule has 5 aromatic rings. The summed E-state index contributed by atoms with van der Waals surface area (Å²) >= 11 is 0. The summed E-state index contributed by atoms with van der Waals surface area (Å²) in [7, 11) is 0. The Kier molecular flexibility index (Phi) is 6.99. The number of hydrogen-bond acceptors (Lipinski definition) is 3. The highest BCUT2D eigenvalue weighted by Crippen LogP contribution is 2.48. The van der Waals surface area contributed by atoms with Gasteiger partial charge in [0.15, 0.2) is 0 Å². The minimum Gasteiger partial charge on any atom is -0.357 e. The molecule has 0 spiro atoms. The van der Waals surface area contributed by atoms with Gasteiger partial charge in [-0.3, -0.25) is 0 Å². The molecule has 1 fully saturated rings. The van der Waals surface area contributed by atoms with E-state index in [2.05, 4.69) is 150 Å². The second-order valence-electron chi connectivity index (χ2n) is 13.9. The predicted octanol–water partition coefficient (Wildman–Crippen LogP) is 10.2. The van der Waals surface area contributed by atoms with E-state index in [0.717, 1.165) is 52.0 Å². The van der Waals surface area contributed by atoms with Crippen molar-refractivity contribution in [3.8, 4) is 40.1 Å². The molecule has 0 bridgehead atoms. The zero-order chi connectivity index (χ0) is 33.1. The van der Waals surface area contributed by atoms with Crippen LogP contribution in [0.4, 0.5) is 5.69 Å². The van der Waals surface area contributed by atoms with Gasteiger partial charge in [0.1, 0.15) is 6.07 Å². The van der Waals surface area contributed by atoms with Gasteiger partial charge in [-0.05, 0) is 84.2 Å². The summed E-state index contributed by atoms with van der Waals surface area (Å²) < 4.78 is 2.30. The lowest BCUT2D eigenvalue weighted by atomic mass is 9.80. The van der Waals surface area contributed by atoms with Crippen molar-refractivity contribution in [2.75, 3.05) is 4.90 Å². The van der Waals surface area contributed by atoms with Crippen LogP contribution in [0.15, 0.2) is 127 Å². The van der Waals surface area contributed by atoms with Crippen molar-refractivity contribution in [2.45, 2.75) is 38.3 Å². The van der Waals surface area contributed by atoms with E-state index < -0.39 is 0 Å². The number of fused-ring (bicyclic) bond motifs is 6. The van der Waals surface area contributed by atoms with Crippen LogP contribution in [-0.2, 0) is 6.42 Å². The quantitative estimate of drug-likeness (QED) is 0.185. The molecule has 1 aliphatic heterocycles. The standard InChI is InChI=1S/C45H36N4/c1-29-17-20-39-38-13-4-5-14-41(38)48(44(39)23-29)40-22-19-32(26-34(40)28-47)31-9-8-10-33(25-31)35-21-18-30(27-46)24-45(35)49-42-15-6-2-11-36(42)37-12-3-7-16-43(37)49/h2,4-11,13-22,24-26,29,36-37,42-43H,3,12,23H2,1H3. The zero-order valence-electron chi connectivity index (χ0n) is 27.5. The highest BCUT2D eigenvalue weighted by molar-refractivity contribution is 5.94. The minimum absolute atomic E-state index is 0.248. The van der Waals surface area contributed by atoms with Crippen LogP contribution in [0.5, 0.6) is 0 Å². The Morgan fingerprint density at radius 2 is 1.59 bits per heavy atom. The maximum absolute atomic E-state index is 10.5. The molecule has 1 aromatic heterocycles. The van der Waals surface area contributed by atoms with Gasteiger partial charge in [-0.2, -0.15) is 10.5 Å².